The van der Waals surface area contributed by atoms with Gasteiger partial charge in [0, 0.05) is 23.7 Å². The lowest BCUT2D eigenvalue weighted by Gasteiger charge is -2.12. The highest BCUT2D eigenvalue weighted by molar-refractivity contribution is 14.0. The fourth-order valence-corrected chi connectivity index (χ4v) is 2.66. The van der Waals surface area contributed by atoms with Gasteiger partial charge in [0.1, 0.15) is 11.4 Å². The van der Waals surface area contributed by atoms with Gasteiger partial charge < -0.3 is 19.9 Å². The molecule has 0 spiro atoms. The van der Waals surface area contributed by atoms with Gasteiger partial charge in [0.25, 0.3) is 0 Å². The van der Waals surface area contributed by atoms with E-state index >= 15 is 0 Å². The molecule has 0 bridgehead atoms. The van der Waals surface area contributed by atoms with Crippen molar-refractivity contribution < 1.29 is 18.0 Å². The normalized spacial score (nSPS) is 11.1. The number of nitrogens with one attached hydrogen (secondary N) is 2. The van der Waals surface area contributed by atoms with Crippen LogP contribution in [0.25, 0.3) is 11.3 Å². The summed E-state index contributed by atoms with van der Waals surface area (Å²) in [4.78, 5) is 4.44. The second-order valence-corrected chi connectivity index (χ2v) is 6.08. The van der Waals surface area contributed by atoms with Gasteiger partial charge in [-0.25, -0.2) is 4.99 Å². The molecule has 160 valence electrons. The van der Waals surface area contributed by atoms with Gasteiger partial charge in [-0.1, -0.05) is 53.7 Å². The number of nitrogens with zero attached hydrogens (tertiary/aromatic N) is 2. The van der Waals surface area contributed by atoms with E-state index in [1.165, 1.54) is 6.07 Å². The third-order valence-electron chi connectivity index (χ3n) is 3.99. The first kappa shape index (κ1) is 23.6. The summed E-state index contributed by atoms with van der Waals surface area (Å²) in [5.41, 5.74) is 2.23. The van der Waals surface area contributed by atoms with Crippen molar-refractivity contribution in [1.82, 2.24) is 15.8 Å². The van der Waals surface area contributed by atoms with E-state index in [1.807, 2.05) is 43.3 Å². The minimum Gasteiger partial charge on any atom is -0.434 e. The van der Waals surface area contributed by atoms with E-state index in [-0.39, 0.29) is 36.3 Å². The Bertz CT molecular complexity index is 936. The summed E-state index contributed by atoms with van der Waals surface area (Å²) in [6.07, 6.45) is 0. The van der Waals surface area contributed by atoms with Gasteiger partial charge >= 0.3 is 6.61 Å². The van der Waals surface area contributed by atoms with Crippen LogP contribution in [0.5, 0.6) is 5.75 Å². The molecule has 0 fully saturated rings. The number of hydrogen-bond acceptors (Lipinski definition) is 4. The van der Waals surface area contributed by atoms with Gasteiger partial charge in [-0.15, -0.1) is 24.0 Å². The Balaban J connectivity index is 0.00000320. The molecule has 0 aliphatic heterocycles. The van der Waals surface area contributed by atoms with Crippen LogP contribution in [0.2, 0.25) is 0 Å². The third-order valence-corrected chi connectivity index (χ3v) is 3.99. The summed E-state index contributed by atoms with van der Waals surface area (Å²) in [6, 6.07) is 18.1. The standard InChI is InChI=1S/C21H22F2N4O2.HI/c1-2-24-21(25-13-16-10-6-7-11-18(16)28-20(22)23)26-14-17-12-19(29-27-17)15-8-4-3-5-9-15;/h3-12,20H,2,13-14H2,1H3,(H2,24,25,26);1H. The van der Waals surface area contributed by atoms with E-state index < -0.39 is 6.61 Å². The number of alkyl halides is 2. The molecule has 1 heterocycles. The number of aromatic nitrogens is 1. The van der Waals surface area contributed by atoms with Gasteiger partial charge in [0.2, 0.25) is 0 Å². The molecule has 30 heavy (non-hydrogen) atoms. The second kappa shape index (κ2) is 12.1. The number of aliphatic imine (C=N–C) groups is 1. The van der Waals surface area contributed by atoms with Crippen molar-refractivity contribution in [3.8, 4) is 17.1 Å². The molecule has 1 aromatic heterocycles. The Morgan fingerprint density at radius 3 is 2.57 bits per heavy atom. The maximum atomic E-state index is 12.6. The minimum atomic E-state index is -2.88. The lowest BCUT2D eigenvalue weighted by Crippen LogP contribution is -2.36. The summed E-state index contributed by atoms with van der Waals surface area (Å²) < 4.78 is 35.0. The van der Waals surface area contributed by atoms with Crippen LogP contribution in [-0.4, -0.2) is 24.3 Å². The smallest absolute Gasteiger partial charge is 0.387 e. The van der Waals surface area contributed by atoms with Crippen LogP contribution < -0.4 is 15.4 Å². The molecule has 0 saturated heterocycles. The first-order valence-corrected chi connectivity index (χ1v) is 9.21. The van der Waals surface area contributed by atoms with Crippen molar-refractivity contribution in [3.05, 3.63) is 71.9 Å². The molecule has 3 aromatic rings. The maximum Gasteiger partial charge on any atom is 0.387 e. The van der Waals surface area contributed by atoms with E-state index in [4.69, 9.17) is 4.52 Å². The molecule has 0 unspecified atom stereocenters. The number of hydrogen-bond donors (Lipinski definition) is 2. The molecule has 0 aliphatic carbocycles. The highest BCUT2D eigenvalue weighted by atomic mass is 127. The number of benzene rings is 2. The summed E-state index contributed by atoms with van der Waals surface area (Å²) in [5.74, 6) is 1.33. The molecule has 0 saturated carbocycles. The van der Waals surface area contributed by atoms with Crippen molar-refractivity contribution >= 4 is 29.9 Å². The molecule has 3 rings (SSSR count). The zero-order valence-electron chi connectivity index (χ0n) is 16.3. The zero-order valence-corrected chi connectivity index (χ0v) is 18.7. The van der Waals surface area contributed by atoms with Crippen LogP contribution in [0.1, 0.15) is 18.2 Å². The van der Waals surface area contributed by atoms with Gasteiger partial charge in [-0.3, -0.25) is 0 Å². The summed E-state index contributed by atoms with van der Waals surface area (Å²) in [7, 11) is 0. The van der Waals surface area contributed by atoms with Gasteiger partial charge in [0.15, 0.2) is 11.7 Å². The van der Waals surface area contributed by atoms with Crippen molar-refractivity contribution in [2.24, 2.45) is 4.99 Å². The number of halogens is 3. The molecular weight excluding hydrogens is 505 g/mol. The van der Waals surface area contributed by atoms with E-state index in [2.05, 4.69) is 25.5 Å². The average Bonchev–Trinajstić information content (AvgIpc) is 3.20. The lowest BCUT2D eigenvalue weighted by atomic mass is 10.2. The van der Waals surface area contributed by atoms with E-state index in [0.29, 0.717) is 30.4 Å². The number of ether oxygens (including phenoxy) is 1. The Labute approximate surface area is 190 Å². The first-order chi connectivity index (χ1) is 14.2. The fourth-order valence-electron chi connectivity index (χ4n) is 2.66. The Hall–Kier alpha value is -2.69. The number of guanidine groups is 1. The summed E-state index contributed by atoms with van der Waals surface area (Å²) in [5, 5.41) is 10.3. The summed E-state index contributed by atoms with van der Waals surface area (Å²) in [6.45, 7) is 0.297. The van der Waals surface area contributed by atoms with Crippen LogP contribution in [0, 0.1) is 0 Å². The molecule has 0 aliphatic rings. The van der Waals surface area contributed by atoms with Crippen LogP contribution in [-0.2, 0) is 13.1 Å². The SMILES string of the molecule is CCNC(=NCc1ccccc1OC(F)F)NCc1cc(-c2ccccc2)on1.I. The third kappa shape index (κ3) is 6.97. The molecule has 6 nitrogen and oxygen atoms in total. The van der Waals surface area contributed by atoms with Crippen molar-refractivity contribution in [1.29, 1.82) is 0 Å². The quantitative estimate of drug-likeness (QED) is 0.250. The van der Waals surface area contributed by atoms with E-state index in [0.717, 1.165) is 11.3 Å². The Morgan fingerprint density at radius 2 is 1.83 bits per heavy atom. The predicted molar refractivity (Wildman–Crippen MR) is 122 cm³/mol. The van der Waals surface area contributed by atoms with Gasteiger partial charge in [0.05, 0.1) is 13.1 Å². The average molecular weight is 528 g/mol. The molecule has 2 N–H and O–H groups in total. The number of rotatable bonds is 8. The lowest BCUT2D eigenvalue weighted by molar-refractivity contribution is -0.0504. The topological polar surface area (TPSA) is 71.7 Å². The van der Waals surface area contributed by atoms with Crippen LogP contribution in [0.3, 0.4) is 0 Å². The monoisotopic (exact) mass is 528 g/mol. The maximum absolute atomic E-state index is 12.6. The Morgan fingerprint density at radius 1 is 1.10 bits per heavy atom. The largest absolute Gasteiger partial charge is 0.434 e. The molecule has 0 atom stereocenters. The Kier molecular flexibility index (Phi) is 9.52. The predicted octanol–water partition coefficient (Wildman–Crippen LogP) is 4.82. The second-order valence-electron chi connectivity index (χ2n) is 6.08. The first-order valence-electron chi connectivity index (χ1n) is 9.21. The fraction of sp³-hybridized carbons (Fsp3) is 0.238. The van der Waals surface area contributed by atoms with Crippen LogP contribution in [0.4, 0.5) is 8.78 Å². The molecule has 0 radical (unpaired) electrons. The number of para-hydroxylation sites is 1. The highest BCUT2D eigenvalue weighted by Crippen LogP contribution is 2.21. The molecule has 2 aromatic carbocycles. The van der Waals surface area contributed by atoms with Crippen molar-refractivity contribution in [2.75, 3.05) is 6.54 Å². The molecule has 9 heteroatoms. The van der Waals surface area contributed by atoms with E-state index in [1.54, 1.807) is 18.2 Å². The van der Waals surface area contributed by atoms with E-state index in [9.17, 15) is 8.78 Å². The zero-order chi connectivity index (χ0) is 20.5. The van der Waals surface area contributed by atoms with Crippen LogP contribution >= 0.6 is 24.0 Å². The van der Waals surface area contributed by atoms with Crippen molar-refractivity contribution in [2.45, 2.75) is 26.6 Å². The van der Waals surface area contributed by atoms with Crippen LogP contribution in [0.15, 0.2) is 70.2 Å². The molecular formula is C21H23F2IN4O2. The van der Waals surface area contributed by atoms with Gasteiger partial charge in [-0.2, -0.15) is 8.78 Å². The minimum absolute atomic E-state index is 0. The van der Waals surface area contributed by atoms with Crippen molar-refractivity contribution in [3.63, 3.8) is 0 Å². The summed E-state index contributed by atoms with van der Waals surface area (Å²) >= 11 is 0. The van der Waals surface area contributed by atoms with Gasteiger partial charge in [-0.05, 0) is 13.0 Å². The molecule has 0 amide bonds. The highest BCUT2D eigenvalue weighted by Gasteiger charge is 2.10.